The Morgan fingerprint density at radius 2 is 1.79 bits per heavy atom. The second-order valence-corrected chi connectivity index (χ2v) is 7.98. The Labute approximate surface area is 170 Å². The lowest BCUT2D eigenvalue weighted by molar-refractivity contribution is -0.175. The molecule has 0 N–H and O–H groups in total. The van der Waals surface area contributed by atoms with Gasteiger partial charge in [0.2, 0.25) is 12.2 Å². The predicted octanol–water partition coefficient (Wildman–Crippen LogP) is 3.90. The van der Waals surface area contributed by atoms with Crippen molar-refractivity contribution in [3.63, 3.8) is 0 Å². The number of hydrogen-bond acceptors (Lipinski definition) is 6. The Hall–Kier alpha value is -2.86. The summed E-state index contributed by atoms with van der Waals surface area (Å²) in [4.78, 5) is 17.0. The molecule has 6 heteroatoms. The number of carbonyl (C=O) groups is 1. The zero-order valence-electron chi connectivity index (χ0n) is 16.8. The van der Waals surface area contributed by atoms with Crippen molar-refractivity contribution in [3.05, 3.63) is 65.7 Å². The third-order valence-corrected chi connectivity index (χ3v) is 5.25. The van der Waals surface area contributed by atoms with Crippen LogP contribution >= 0.6 is 0 Å². The van der Waals surface area contributed by atoms with E-state index < -0.39 is 17.8 Å². The average Bonchev–Trinajstić information content (AvgIpc) is 3.01. The summed E-state index contributed by atoms with van der Waals surface area (Å²) in [6.45, 7) is 4.25. The Morgan fingerprint density at radius 3 is 2.41 bits per heavy atom. The lowest BCUT2D eigenvalue weighted by atomic mass is 9.89. The van der Waals surface area contributed by atoms with Gasteiger partial charge in [-0.1, -0.05) is 44.2 Å². The van der Waals surface area contributed by atoms with Gasteiger partial charge in [-0.3, -0.25) is 0 Å². The third kappa shape index (κ3) is 4.12. The molecule has 0 spiro atoms. The normalized spacial score (nSPS) is 25.7. The van der Waals surface area contributed by atoms with E-state index in [1.54, 1.807) is 7.11 Å². The Kier molecular flexibility index (Phi) is 5.28. The number of hydrogen-bond donors (Lipinski definition) is 0. The van der Waals surface area contributed by atoms with Crippen LogP contribution in [0.25, 0.3) is 0 Å². The maximum absolute atomic E-state index is 12.2. The van der Waals surface area contributed by atoms with E-state index in [1.807, 2.05) is 68.4 Å². The van der Waals surface area contributed by atoms with Gasteiger partial charge in [0.05, 0.1) is 19.8 Å². The summed E-state index contributed by atoms with van der Waals surface area (Å²) >= 11 is 0. The van der Waals surface area contributed by atoms with Crippen molar-refractivity contribution in [2.24, 2.45) is 10.4 Å². The predicted molar refractivity (Wildman–Crippen MR) is 108 cm³/mol. The number of esters is 1. The Balaban J connectivity index is 1.62. The molecule has 1 saturated heterocycles. The molecule has 2 heterocycles. The third-order valence-electron chi connectivity index (χ3n) is 5.25. The number of ether oxygens (including phenoxy) is 4. The van der Waals surface area contributed by atoms with Crippen LogP contribution in [0.2, 0.25) is 0 Å². The SMILES string of the molecule is COc1ccc([C@@H]2C[C@@H](O[C@H]3C(=O)OCC3(C)C)OC(c3ccccc3)=N2)cc1. The van der Waals surface area contributed by atoms with Gasteiger partial charge >= 0.3 is 5.97 Å². The van der Waals surface area contributed by atoms with Crippen molar-refractivity contribution in [1.82, 2.24) is 0 Å². The van der Waals surface area contributed by atoms with Crippen molar-refractivity contribution >= 4 is 11.9 Å². The highest BCUT2D eigenvalue weighted by Gasteiger charge is 2.47. The van der Waals surface area contributed by atoms with Crippen molar-refractivity contribution < 1.29 is 23.7 Å². The fourth-order valence-corrected chi connectivity index (χ4v) is 3.54. The molecule has 0 aromatic heterocycles. The first-order chi connectivity index (χ1) is 14.0. The summed E-state index contributed by atoms with van der Waals surface area (Å²) in [5, 5.41) is 0. The van der Waals surface area contributed by atoms with Gasteiger partial charge < -0.3 is 18.9 Å². The van der Waals surface area contributed by atoms with E-state index in [1.165, 1.54) is 0 Å². The van der Waals surface area contributed by atoms with Crippen LogP contribution in [-0.2, 0) is 19.0 Å². The summed E-state index contributed by atoms with van der Waals surface area (Å²) in [7, 11) is 1.64. The smallest absolute Gasteiger partial charge is 0.336 e. The van der Waals surface area contributed by atoms with E-state index in [0.29, 0.717) is 18.9 Å². The number of carbonyl (C=O) groups excluding carboxylic acids is 1. The molecule has 2 aliphatic rings. The summed E-state index contributed by atoms with van der Waals surface area (Å²) in [5.41, 5.74) is 1.49. The highest BCUT2D eigenvalue weighted by Crippen LogP contribution is 2.36. The maximum atomic E-state index is 12.2. The minimum atomic E-state index is -0.667. The first-order valence-electron chi connectivity index (χ1n) is 9.72. The van der Waals surface area contributed by atoms with Crippen molar-refractivity contribution in [1.29, 1.82) is 0 Å². The van der Waals surface area contributed by atoms with Crippen molar-refractivity contribution in [3.8, 4) is 5.75 Å². The molecule has 2 aromatic carbocycles. The zero-order valence-corrected chi connectivity index (χ0v) is 16.8. The molecule has 0 radical (unpaired) electrons. The van der Waals surface area contributed by atoms with Crippen LogP contribution in [0, 0.1) is 5.41 Å². The van der Waals surface area contributed by atoms with Gasteiger partial charge in [-0.05, 0) is 29.8 Å². The van der Waals surface area contributed by atoms with E-state index in [4.69, 9.17) is 23.9 Å². The van der Waals surface area contributed by atoms with Crippen LogP contribution < -0.4 is 4.74 Å². The molecule has 0 amide bonds. The number of benzene rings is 2. The average molecular weight is 395 g/mol. The molecule has 4 rings (SSSR count). The zero-order chi connectivity index (χ0) is 20.4. The first-order valence-corrected chi connectivity index (χ1v) is 9.72. The highest BCUT2D eigenvalue weighted by atomic mass is 16.7. The fourth-order valence-electron chi connectivity index (χ4n) is 3.54. The van der Waals surface area contributed by atoms with Gasteiger partial charge in [0.15, 0.2) is 6.10 Å². The quantitative estimate of drug-likeness (QED) is 0.719. The second kappa shape index (κ2) is 7.87. The highest BCUT2D eigenvalue weighted by molar-refractivity contribution is 5.94. The molecule has 3 atom stereocenters. The van der Waals surface area contributed by atoms with Crippen LogP contribution in [-0.4, -0.2) is 38.0 Å². The standard InChI is InChI=1S/C23H25NO5/c1-23(2)14-27-22(25)20(23)28-19-13-18(15-9-11-17(26-3)12-10-15)24-21(29-19)16-7-5-4-6-8-16/h4-12,18-20H,13-14H2,1-3H3/t18-,19-,20-/m0/s1. The number of methoxy groups -OCH3 is 1. The Morgan fingerprint density at radius 1 is 1.07 bits per heavy atom. The molecule has 6 nitrogen and oxygen atoms in total. The van der Waals surface area contributed by atoms with Gasteiger partial charge in [-0.15, -0.1) is 0 Å². The largest absolute Gasteiger partial charge is 0.497 e. The van der Waals surface area contributed by atoms with Crippen molar-refractivity contribution in [2.75, 3.05) is 13.7 Å². The lowest BCUT2D eigenvalue weighted by Gasteiger charge is -2.32. The number of cyclic esters (lactones) is 1. The molecular formula is C23H25NO5. The molecule has 29 heavy (non-hydrogen) atoms. The molecule has 152 valence electrons. The minimum Gasteiger partial charge on any atom is -0.497 e. The Bertz CT molecular complexity index is 891. The van der Waals surface area contributed by atoms with Crippen LogP contribution in [0.15, 0.2) is 59.6 Å². The monoisotopic (exact) mass is 395 g/mol. The summed E-state index contributed by atoms with van der Waals surface area (Å²) in [6.07, 6.45) is -0.772. The van der Waals surface area contributed by atoms with Gasteiger partial charge in [-0.25, -0.2) is 9.79 Å². The molecular weight excluding hydrogens is 370 g/mol. The fraction of sp³-hybridized carbons (Fsp3) is 0.391. The summed E-state index contributed by atoms with van der Waals surface area (Å²) in [6, 6.07) is 17.4. The second-order valence-electron chi connectivity index (χ2n) is 7.98. The van der Waals surface area contributed by atoms with E-state index in [9.17, 15) is 4.79 Å². The van der Waals surface area contributed by atoms with Crippen LogP contribution in [0.4, 0.5) is 0 Å². The minimum absolute atomic E-state index is 0.157. The van der Waals surface area contributed by atoms with Crippen LogP contribution in [0.5, 0.6) is 5.75 Å². The molecule has 0 unspecified atom stereocenters. The topological polar surface area (TPSA) is 66.4 Å². The van der Waals surface area contributed by atoms with Gasteiger partial charge in [-0.2, -0.15) is 0 Å². The molecule has 0 bridgehead atoms. The van der Waals surface area contributed by atoms with E-state index in [2.05, 4.69) is 0 Å². The number of aliphatic imine (C=N–C) groups is 1. The number of rotatable bonds is 5. The number of nitrogens with zero attached hydrogens (tertiary/aromatic N) is 1. The summed E-state index contributed by atoms with van der Waals surface area (Å²) in [5.74, 6) is 0.950. The van der Waals surface area contributed by atoms with E-state index >= 15 is 0 Å². The van der Waals surface area contributed by atoms with Crippen LogP contribution in [0.3, 0.4) is 0 Å². The maximum Gasteiger partial charge on any atom is 0.336 e. The molecule has 0 aliphatic carbocycles. The van der Waals surface area contributed by atoms with Gasteiger partial charge in [0, 0.05) is 17.4 Å². The molecule has 2 aromatic rings. The van der Waals surface area contributed by atoms with Gasteiger partial charge in [0.1, 0.15) is 5.75 Å². The lowest BCUT2D eigenvalue weighted by Crippen LogP contribution is -2.40. The van der Waals surface area contributed by atoms with E-state index in [0.717, 1.165) is 16.9 Å². The van der Waals surface area contributed by atoms with Crippen LogP contribution in [0.1, 0.15) is 37.4 Å². The first kappa shape index (κ1) is 19.5. The molecule has 1 fully saturated rings. The van der Waals surface area contributed by atoms with Crippen molar-refractivity contribution in [2.45, 2.75) is 38.7 Å². The summed E-state index contributed by atoms with van der Waals surface area (Å²) < 4.78 is 22.7. The van der Waals surface area contributed by atoms with Gasteiger partial charge in [0.25, 0.3) is 0 Å². The van der Waals surface area contributed by atoms with E-state index in [-0.39, 0.29) is 12.0 Å². The molecule has 0 saturated carbocycles. The molecule has 2 aliphatic heterocycles.